The van der Waals surface area contributed by atoms with Crippen LogP contribution in [0, 0.1) is 0 Å². The molecule has 5 aliphatic rings. The largest absolute Gasteiger partial charge is 0.493 e. The molecule has 69 heavy (non-hydrogen) atoms. The van der Waals surface area contributed by atoms with Crippen LogP contribution in [-0.4, -0.2) is 86.6 Å². The van der Waals surface area contributed by atoms with Gasteiger partial charge >= 0.3 is 5.97 Å². The minimum Gasteiger partial charge on any atom is -0.493 e. The van der Waals surface area contributed by atoms with Crippen molar-refractivity contribution in [3.63, 3.8) is 0 Å². The van der Waals surface area contributed by atoms with E-state index in [9.17, 15) is 14.4 Å². The highest BCUT2D eigenvalue weighted by molar-refractivity contribution is 7.99. The van der Waals surface area contributed by atoms with Crippen LogP contribution in [0.25, 0.3) is 0 Å². The Morgan fingerprint density at radius 2 is 1.39 bits per heavy atom. The molecule has 0 aromatic heterocycles. The number of hydrogen-bond acceptors (Lipinski definition) is 12. The Morgan fingerprint density at radius 3 is 2.07 bits per heavy atom. The van der Waals surface area contributed by atoms with Crippen molar-refractivity contribution in [3.8, 4) is 11.5 Å². The summed E-state index contributed by atoms with van der Waals surface area (Å²) in [6.07, 6.45) is 9.04. The van der Waals surface area contributed by atoms with Crippen LogP contribution in [0.5, 0.6) is 11.5 Å². The second-order valence-electron chi connectivity index (χ2n) is 19.3. The molecule has 0 saturated heterocycles. The Bertz CT molecular complexity index is 2780. The fourth-order valence-corrected chi connectivity index (χ4v) is 10.5. The molecule has 0 radical (unpaired) electrons. The van der Waals surface area contributed by atoms with Gasteiger partial charge in [-0.25, -0.2) is 0 Å². The summed E-state index contributed by atoms with van der Waals surface area (Å²) in [6, 6.07) is 25.2. The Labute approximate surface area is 408 Å². The minimum atomic E-state index is -0.460. The van der Waals surface area contributed by atoms with Gasteiger partial charge in [-0.3, -0.25) is 34.2 Å². The molecule has 0 N–H and O–H groups in total. The highest BCUT2D eigenvalue weighted by Gasteiger charge is 2.41. The van der Waals surface area contributed by atoms with Gasteiger partial charge in [-0.1, -0.05) is 62.4 Å². The topological polar surface area (TPSA) is 138 Å². The van der Waals surface area contributed by atoms with E-state index >= 15 is 0 Å². The minimum absolute atomic E-state index is 0.0664. The van der Waals surface area contributed by atoms with E-state index in [4.69, 9.17) is 38.4 Å². The summed E-state index contributed by atoms with van der Waals surface area (Å²) in [6.45, 7) is 9.42. The number of aliphatic imine (C=N–C) groups is 2. The quantitative estimate of drug-likeness (QED) is 0.0887. The van der Waals surface area contributed by atoms with Crippen molar-refractivity contribution in [1.29, 1.82) is 0 Å². The Morgan fingerprint density at radius 1 is 0.739 bits per heavy atom. The van der Waals surface area contributed by atoms with Gasteiger partial charge in [0.25, 0.3) is 11.8 Å². The van der Waals surface area contributed by atoms with Crippen LogP contribution in [0.15, 0.2) is 112 Å². The normalized spacial score (nSPS) is 19.1. The number of carbonyl (C=O) groups is 3. The third-order valence-electron chi connectivity index (χ3n) is 13.5. The fraction of sp³-hybridized carbons (Fsp3) is 0.400. The molecule has 1 aliphatic carbocycles. The lowest BCUT2D eigenvalue weighted by Crippen LogP contribution is -2.39. The predicted octanol–water partition coefficient (Wildman–Crippen LogP) is 9.83. The summed E-state index contributed by atoms with van der Waals surface area (Å²) < 4.78 is 35.8. The molecule has 1 unspecified atom stereocenters. The number of para-hydroxylation sites is 2. The smallest absolute Gasteiger partial charge is 0.305 e. The van der Waals surface area contributed by atoms with Gasteiger partial charge < -0.3 is 28.4 Å². The lowest BCUT2D eigenvalue weighted by Gasteiger charge is -2.29. The van der Waals surface area contributed by atoms with Crippen LogP contribution in [-0.2, 0) is 60.3 Å². The molecule has 0 saturated carbocycles. The first kappa shape index (κ1) is 47.7. The monoisotopic (exact) mass is 952 g/mol. The zero-order valence-electron chi connectivity index (χ0n) is 40.4. The Balaban J connectivity index is 0.939. The van der Waals surface area contributed by atoms with Crippen molar-refractivity contribution in [1.82, 2.24) is 0 Å². The molecule has 13 nitrogen and oxygen atoms in total. The van der Waals surface area contributed by atoms with E-state index in [0.29, 0.717) is 77.9 Å². The van der Waals surface area contributed by atoms with Crippen molar-refractivity contribution in [3.05, 3.63) is 135 Å². The van der Waals surface area contributed by atoms with E-state index in [1.54, 1.807) is 32.4 Å². The molecule has 3 atom stereocenters. The van der Waals surface area contributed by atoms with E-state index in [-0.39, 0.29) is 47.8 Å². The molecular formula is C55H60N4O9S. The summed E-state index contributed by atoms with van der Waals surface area (Å²) >= 11 is 1.83. The lowest BCUT2D eigenvalue weighted by atomic mass is 9.96. The number of amides is 2. The highest BCUT2D eigenvalue weighted by Crippen LogP contribution is 2.42. The van der Waals surface area contributed by atoms with Gasteiger partial charge in [0.2, 0.25) is 0 Å². The maximum atomic E-state index is 14.1. The number of fused-ring (bicyclic) bond motifs is 8. The van der Waals surface area contributed by atoms with Crippen molar-refractivity contribution in [2.45, 2.75) is 114 Å². The molecule has 360 valence electrons. The highest BCUT2D eigenvalue weighted by atomic mass is 32.2. The van der Waals surface area contributed by atoms with E-state index in [0.717, 1.165) is 52.0 Å². The van der Waals surface area contributed by atoms with Crippen molar-refractivity contribution in [2.24, 2.45) is 9.98 Å². The number of ether oxygens (including phenoxy) is 6. The zero-order chi connectivity index (χ0) is 48.5. The fourth-order valence-electron chi connectivity index (χ4n) is 9.59. The maximum Gasteiger partial charge on any atom is 0.305 e. The molecule has 9 rings (SSSR count). The molecule has 4 aliphatic heterocycles. The SMILES string of the molecule is COC(=O)CCC(C)(C)OCCC(C)(C)SCc1cc(COC2=C(OC)C=C3C(=O)N4c5ccccc5C[C@H]4C=NC3C2)cc(COc2cc3c(cc2OC)C(=O)N2c4ccccc4C[C@H]2C=N3)c1. The van der Waals surface area contributed by atoms with E-state index in [1.165, 1.54) is 7.11 Å². The third-order valence-corrected chi connectivity index (χ3v) is 14.9. The number of thioether (sulfide) groups is 1. The number of carbonyl (C=O) groups excluding carboxylic acids is 3. The Kier molecular flexibility index (Phi) is 13.8. The van der Waals surface area contributed by atoms with Crippen LogP contribution in [0.2, 0.25) is 0 Å². The molecule has 2 amide bonds. The second kappa shape index (κ2) is 19.9. The molecule has 0 bridgehead atoms. The third kappa shape index (κ3) is 10.3. The van der Waals surface area contributed by atoms with Crippen LogP contribution >= 0.6 is 11.8 Å². The molecule has 14 heteroatoms. The number of rotatable bonds is 18. The van der Waals surface area contributed by atoms with Gasteiger partial charge in [0, 0.05) is 78.2 Å². The maximum absolute atomic E-state index is 14.1. The van der Waals surface area contributed by atoms with Gasteiger partial charge in [0.15, 0.2) is 17.3 Å². The summed E-state index contributed by atoms with van der Waals surface area (Å²) in [5, 5.41) is 0. The zero-order valence-corrected chi connectivity index (χ0v) is 41.2. The summed E-state index contributed by atoms with van der Waals surface area (Å²) in [5.74, 6) is 2.30. The first-order valence-corrected chi connectivity index (χ1v) is 24.5. The number of anilines is 2. The van der Waals surface area contributed by atoms with Crippen molar-refractivity contribution >= 4 is 59.0 Å². The summed E-state index contributed by atoms with van der Waals surface area (Å²) in [4.78, 5) is 53.4. The van der Waals surface area contributed by atoms with Gasteiger partial charge in [-0.15, -0.1) is 0 Å². The lowest BCUT2D eigenvalue weighted by molar-refractivity contribution is -0.142. The average molecular weight is 953 g/mol. The van der Waals surface area contributed by atoms with Crippen molar-refractivity contribution in [2.75, 3.05) is 37.7 Å². The summed E-state index contributed by atoms with van der Waals surface area (Å²) in [5.41, 5.74) is 8.11. The van der Waals surface area contributed by atoms with E-state index < -0.39 is 11.6 Å². The molecule has 0 spiro atoms. The van der Waals surface area contributed by atoms with Crippen LogP contribution < -0.4 is 19.3 Å². The molecule has 4 aromatic carbocycles. The summed E-state index contributed by atoms with van der Waals surface area (Å²) in [7, 11) is 4.57. The number of hydrogen-bond donors (Lipinski definition) is 0. The van der Waals surface area contributed by atoms with Gasteiger partial charge in [-0.2, -0.15) is 11.8 Å². The number of methoxy groups -OCH3 is 3. The molecular weight excluding hydrogens is 893 g/mol. The second-order valence-corrected chi connectivity index (χ2v) is 21.0. The van der Waals surface area contributed by atoms with Gasteiger partial charge in [0.1, 0.15) is 19.0 Å². The van der Waals surface area contributed by atoms with Crippen LogP contribution in [0.1, 0.15) is 91.6 Å². The van der Waals surface area contributed by atoms with Crippen LogP contribution in [0.4, 0.5) is 17.1 Å². The number of allylic oxidation sites excluding steroid dienone is 1. The van der Waals surface area contributed by atoms with Crippen LogP contribution in [0.3, 0.4) is 0 Å². The van der Waals surface area contributed by atoms with E-state index in [2.05, 4.69) is 44.2 Å². The first-order valence-electron chi connectivity index (χ1n) is 23.6. The number of benzene rings is 4. The standard InChI is InChI=1S/C55H60N4O9S/c1-54(2,17-16-51(60)65-7)68-19-18-55(3,4)69-33-36-21-34(31-66-49-27-43-41(25-47(49)63-5)52(61)58-39(29-56-43)23-37-12-8-10-14-45(37)58)20-35(22-36)32-67-50-28-44-42(26-48(50)64-6)53(62)59-40(30-57-44)24-38-13-9-11-15-46(38)59/h8-15,20-22,25-27,29-30,39-40,44H,16-19,23-24,28,31-33H2,1-7H3/t39-,40-,44?/m0/s1. The van der Waals surface area contributed by atoms with Gasteiger partial charge in [0.05, 0.1) is 56.3 Å². The van der Waals surface area contributed by atoms with Crippen molar-refractivity contribution < 1.29 is 42.8 Å². The van der Waals surface area contributed by atoms with E-state index in [1.807, 2.05) is 84.2 Å². The Hall–Kier alpha value is -6.38. The van der Waals surface area contributed by atoms with Gasteiger partial charge in [-0.05, 0) is 84.8 Å². The average Bonchev–Trinajstić information content (AvgIpc) is 3.84. The number of nitrogens with zero attached hydrogens (tertiary/aromatic N) is 4. The molecule has 4 heterocycles. The first-order chi connectivity index (χ1) is 33.2. The number of esters is 1. The predicted molar refractivity (Wildman–Crippen MR) is 269 cm³/mol. The molecule has 4 aromatic rings. The molecule has 0 fully saturated rings.